The highest BCUT2D eigenvalue weighted by Crippen LogP contribution is 2.23. The number of para-hydroxylation sites is 1. The summed E-state index contributed by atoms with van der Waals surface area (Å²) in [4.78, 5) is 28.4. The zero-order valence-corrected chi connectivity index (χ0v) is 16.1. The highest BCUT2D eigenvalue weighted by molar-refractivity contribution is 7.99. The lowest BCUT2D eigenvalue weighted by Crippen LogP contribution is -2.18. The normalized spacial score (nSPS) is 10.7. The molecule has 144 valence electrons. The number of anilines is 1. The van der Waals surface area contributed by atoms with Crippen molar-refractivity contribution in [2.45, 2.75) is 25.2 Å². The summed E-state index contributed by atoms with van der Waals surface area (Å²) in [6, 6.07) is 10.3. The van der Waals surface area contributed by atoms with E-state index in [-0.39, 0.29) is 23.0 Å². The molecule has 0 aliphatic carbocycles. The van der Waals surface area contributed by atoms with Gasteiger partial charge < -0.3 is 14.5 Å². The van der Waals surface area contributed by atoms with Crippen LogP contribution in [0.1, 0.15) is 24.2 Å². The van der Waals surface area contributed by atoms with Crippen LogP contribution in [-0.4, -0.2) is 38.9 Å². The lowest BCUT2D eigenvalue weighted by Gasteiger charge is -2.12. The summed E-state index contributed by atoms with van der Waals surface area (Å²) < 4.78 is 10.7. The molecule has 28 heavy (non-hydrogen) atoms. The van der Waals surface area contributed by atoms with Crippen LogP contribution in [0.2, 0.25) is 0 Å². The van der Waals surface area contributed by atoms with Crippen LogP contribution >= 0.6 is 11.8 Å². The van der Waals surface area contributed by atoms with E-state index in [0.29, 0.717) is 22.7 Å². The molecule has 1 amide bonds. The van der Waals surface area contributed by atoms with Crippen LogP contribution in [0.25, 0.3) is 11.5 Å². The molecule has 0 aliphatic rings. The van der Waals surface area contributed by atoms with E-state index in [1.807, 2.05) is 0 Å². The number of carbonyl (C=O) groups excluding carboxylic acids is 2. The smallest absolute Gasteiger partial charge is 0.340 e. The molecule has 0 bridgehead atoms. The highest BCUT2D eigenvalue weighted by Gasteiger charge is 2.16. The van der Waals surface area contributed by atoms with Gasteiger partial charge in [0.2, 0.25) is 11.8 Å². The molecule has 1 N–H and O–H groups in total. The van der Waals surface area contributed by atoms with E-state index in [4.69, 9.17) is 9.15 Å². The molecule has 3 rings (SSSR count). The number of esters is 1. The maximum atomic E-state index is 12.3. The molecule has 0 saturated carbocycles. The van der Waals surface area contributed by atoms with E-state index < -0.39 is 5.97 Å². The van der Waals surface area contributed by atoms with Crippen molar-refractivity contribution < 1.29 is 18.7 Å². The van der Waals surface area contributed by atoms with Gasteiger partial charge in [0.25, 0.3) is 5.22 Å². The number of hydrogen-bond acceptors (Lipinski definition) is 8. The third kappa shape index (κ3) is 5.17. The predicted octanol–water partition coefficient (Wildman–Crippen LogP) is 3.43. The largest absolute Gasteiger partial charge is 0.459 e. The number of nitrogens with one attached hydrogen (secondary N) is 1. The Labute approximate surface area is 165 Å². The van der Waals surface area contributed by atoms with Crippen LogP contribution < -0.4 is 5.32 Å². The molecular weight excluding hydrogens is 380 g/mol. The van der Waals surface area contributed by atoms with E-state index in [1.165, 1.54) is 0 Å². The van der Waals surface area contributed by atoms with Crippen molar-refractivity contribution in [2.75, 3.05) is 11.1 Å². The molecule has 0 fully saturated rings. The molecule has 0 radical (unpaired) electrons. The number of pyridine rings is 1. The Balaban J connectivity index is 1.60. The van der Waals surface area contributed by atoms with Crippen molar-refractivity contribution in [3.05, 3.63) is 54.4 Å². The predicted molar refractivity (Wildman–Crippen MR) is 104 cm³/mol. The average molecular weight is 398 g/mol. The van der Waals surface area contributed by atoms with E-state index in [0.717, 1.165) is 11.8 Å². The monoisotopic (exact) mass is 398 g/mol. The van der Waals surface area contributed by atoms with E-state index in [9.17, 15) is 9.59 Å². The fourth-order valence-corrected chi connectivity index (χ4v) is 2.80. The number of benzene rings is 1. The van der Waals surface area contributed by atoms with Gasteiger partial charge in [-0.25, -0.2) is 4.79 Å². The Morgan fingerprint density at radius 1 is 1.18 bits per heavy atom. The molecule has 0 atom stereocenters. The number of hydrogen-bond donors (Lipinski definition) is 1. The van der Waals surface area contributed by atoms with Gasteiger partial charge in [0.05, 0.1) is 28.7 Å². The topological polar surface area (TPSA) is 107 Å². The highest BCUT2D eigenvalue weighted by atomic mass is 32.2. The molecule has 0 spiro atoms. The lowest BCUT2D eigenvalue weighted by atomic mass is 10.2. The lowest BCUT2D eigenvalue weighted by molar-refractivity contribution is -0.113. The summed E-state index contributed by atoms with van der Waals surface area (Å²) in [6.45, 7) is 3.53. The number of carbonyl (C=O) groups is 2. The summed E-state index contributed by atoms with van der Waals surface area (Å²) in [6.07, 6.45) is 3.01. The van der Waals surface area contributed by atoms with Gasteiger partial charge in [0, 0.05) is 12.4 Å². The zero-order chi connectivity index (χ0) is 19.9. The maximum Gasteiger partial charge on any atom is 0.340 e. The fraction of sp³-hybridized carbons (Fsp3) is 0.211. The van der Waals surface area contributed by atoms with Crippen LogP contribution in [0.4, 0.5) is 5.69 Å². The summed E-state index contributed by atoms with van der Waals surface area (Å²) in [5.74, 6) is -0.423. The number of nitrogens with zero attached hydrogens (tertiary/aromatic N) is 3. The average Bonchev–Trinajstić information content (AvgIpc) is 3.16. The van der Waals surface area contributed by atoms with E-state index in [1.54, 1.807) is 62.6 Å². The number of ether oxygens (including phenoxy) is 1. The van der Waals surface area contributed by atoms with Gasteiger partial charge in [-0.05, 0) is 38.1 Å². The molecule has 0 unspecified atom stereocenters. The van der Waals surface area contributed by atoms with Gasteiger partial charge in [0.1, 0.15) is 0 Å². The van der Waals surface area contributed by atoms with Gasteiger partial charge in [-0.3, -0.25) is 9.78 Å². The standard InChI is InChI=1S/C19H18N4O4S/c1-12(2)26-18(25)14-7-3-4-8-15(14)21-16(24)11-28-19-23-22-17(27-19)13-6-5-9-20-10-13/h3-10,12H,11H2,1-2H3,(H,21,24). The van der Waals surface area contributed by atoms with Crippen LogP contribution in [-0.2, 0) is 9.53 Å². The van der Waals surface area contributed by atoms with E-state index >= 15 is 0 Å². The summed E-state index contributed by atoms with van der Waals surface area (Å²) in [7, 11) is 0. The van der Waals surface area contributed by atoms with Crippen LogP contribution in [0.5, 0.6) is 0 Å². The second-order valence-corrected chi connectivity index (χ2v) is 6.88. The van der Waals surface area contributed by atoms with Crippen LogP contribution in [0, 0.1) is 0 Å². The van der Waals surface area contributed by atoms with Gasteiger partial charge in [-0.1, -0.05) is 23.9 Å². The van der Waals surface area contributed by atoms with Crippen molar-refractivity contribution in [1.82, 2.24) is 15.2 Å². The fourth-order valence-electron chi connectivity index (χ4n) is 2.24. The minimum absolute atomic E-state index is 0.0439. The van der Waals surface area contributed by atoms with Gasteiger partial charge >= 0.3 is 5.97 Å². The first kappa shape index (κ1) is 19.6. The first-order valence-corrected chi connectivity index (χ1v) is 9.48. The number of amides is 1. The summed E-state index contributed by atoms with van der Waals surface area (Å²) >= 11 is 1.10. The number of rotatable bonds is 7. The molecule has 2 heterocycles. The number of thioether (sulfide) groups is 1. The van der Waals surface area contributed by atoms with Gasteiger partial charge in [-0.15, -0.1) is 10.2 Å². The molecular formula is C19H18N4O4S. The van der Waals surface area contributed by atoms with Crippen molar-refractivity contribution in [1.29, 1.82) is 0 Å². The van der Waals surface area contributed by atoms with Gasteiger partial charge in [-0.2, -0.15) is 0 Å². The second-order valence-electron chi connectivity index (χ2n) is 5.95. The molecule has 8 nitrogen and oxygen atoms in total. The molecule has 3 aromatic rings. The Kier molecular flexibility index (Phi) is 6.38. The second kappa shape index (κ2) is 9.14. The van der Waals surface area contributed by atoms with Crippen molar-refractivity contribution in [2.24, 2.45) is 0 Å². The minimum atomic E-state index is -0.489. The quantitative estimate of drug-likeness (QED) is 0.476. The molecule has 9 heteroatoms. The first-order chi connectivity index (χ1) is 13.5. The van der Waals surface area contributed by atoms with Crippen LogP contribution in [0.15, 0.2) is 58.4 Å². The Hall–Kier alpha value is -3.20. The Morgan fingerprint density at radius 3 is 2.75 bits per heavy atom. The molecule has 1 aromatic carbocycles. The van der Waals surface area contributed by atoms with Gasteiger partial charge in [0.15, 0.2) is 0 Å². The molecule has 0 aliphatic heterocycles. The van der Waals surface area contributed by atoms with Crippen molar-refractivity contribution in [3.8, 4) is 11.5 Å². The third-order valence-electron chi connectivity index (χ3n) is 3.41. The van der Waals surface area contributed by atoms with Crippen LogP contribution in [0.3, 0.4) is 0 Å². The van der Waals surface area contributed by atoms with Crippen molar-refractivity contribution >= 4 is 29.3 Å². The maximum absolute atomic E-state index is 12.3. The molecule has 2 aromatic heterocycles. The van der Waals surface area contributed by atoms with Crippen molar-refractivity contribution in [3.63, 3.8) is 0 Å². The molecule has 0 saturated heterocycles. The summed E-state index contributed by atoms with van der Waals surface area (Å²) in [5, 5.41) is 10.8. The summed E-state index contributed by atoms with van der Waals surface area (Å²) in [5.41, 5.74) is 1.38. The third-order valence-corrected chi connectivity index (χ3v) is 4.22. The number of aromatic nitrogens is 3. The zero-order valence-electron chi connectivity index (χ0n) is 15.3. The minimum Gasteiger partial charge on any atom is -0.459 e. The SMILES string of the molecule is CC(C)OC(=O)c1ccccc1NC(=O)CSc1nnc(-c2cccnc2)o1. The Morgan fingerprint density at radius 2 is 2.00 bits per heavy atom. The first-order valence-electron chi connectivity index (χ1n) is 8.49. The Bertz CT molecular complexity index is 959. The van der Waals surface area contributed by atoms with E-state index in [2.05, 4.69) is 20.5 Å².